The molecule has 0 radical (unpaired) electrons. The summed E-state index contributed by atoms with van der Waals surface area (Å²) in [6, 6.07) is 6.18. The SMILES string of the molecule is Cl.N=C(N)c1ccc(CNC(CO)C(=O)NCC(=O)NCCN2CCOCC2)cc1. The molecule has 7 N–H and O–H groups in total. The molecule has 1 aromatic carbocycles. The fourth-order valence-corrected chi connectivity index (χ4v) is 2.81. The minimum atomic E-state index is -0.830. The topological polar surface area (TPSA) is 153 Å². The zero-order valence-electron chi connectivity index (χ0n) is 16.9. The average Bonchev–Trinajstić information content (AvgIpc) is 2.73. The number of hydrogen-bond donors (Lipinski definition) is 6. The highest BCUT2D eigenvalue weighted by molar-refractivity contribution is 5.94. The second kappa shape index (κ2) is 13.9. The molecule has 168 valence electrons. The molecule has 2 rings (SSSR count). The van der Waals surface area contributed by atoms with Crippen LogP contribution in [0.5, 0.6) is 0 Å². The first kappa shape index (κ1) is 25.8. The first-order valence-electron chi connectivity index (χ1n) is 9.61. The number of carbonyl (C=O) groups excluding carboxylic acids is 2. The summed E-state index contributed by atoms with van der Waals surface area (Å²) in [6.45, 7) is 4.19. The van der Waals surface area contributed by atoms with Gasteiger partial charge in [-0.05, 0) is 5.56 Å². The van der Waals surface area contributed by atoms with Crippen LogP contribution in [-0.2, 0) is 20.9 Å². The quantitative estimate of drug-likeness (QED) is 0.178. The van der Waals surface area contributed by atoms with Gasteiger partial charge >= 0.3 is 0 Å². The van der Waals surface area contributed by atoms with Crippen molar-refractivity contribution in [2.24, 2.45) is 5.73 Å². The number of aliphatic hydroxyl groups excluding tert-OH is 1. The zero-order valence-corrected chi connectivity index (χ0v) is 17.7. The third-order valence-corrected chi connectivity index (χ3v) is 4.59. The molecule has 1 aliphatic heterocycles. The number of ether oxygens (including phenoxy) is 1. The number of nitrogen functional groups attached to an aromatic ring is 1. The maximum Gasteiger partial charge on any atom is 0.239 e. The van der Waals surface area contributed by atoms with Gasteiger partial charge in [-0.2, -0.15) is 0 Å². The van der Waals surface area contributed by atoms with Gasteiger partial charge in [0.15, 0.2) is 0 Å². The van der Waals surface area contributed by atoms with Gasteiger partial charge in [-0.15, -0.1) is 12.4 Å². The number of carbonyl (C=O) groups is 2. The van der Waals surface area contributed by atoms with Crippen LogP contribution in [0.25, 0.3) is 0 Å². The number of hydrogen-bond acceptors (Lipinski definition) is 7. The Kier molecular flexibility index (Phi) is 11.9. The molecule has 1 unspecified atom stereocenters. The summed E-state index contributed by atoms with van der Waals surface area (Å²) >= 11 is 0. The standard InChI is InChI=1S/C19H30N6O4.ClH/c20-18(21)15-3-1-14(2-4-15)11-23-16(13-26)19(28)24-12-17(27)22-5-6-25-7-9-29-10-8-25;/h1-4,16,23,26H,5-13H2,(H3,20,21)(H,22,27)(H,24,28);1H. The summed E-state index contributed by atoms with van der Waals surface area (Å²) in [5, 5.41) is 25.1. The molecule has 0 spiro atoms. The minimum Gasteiger partial charge on any atom is -0.394 e. The molecule has 0 bridgehead atoms. The number of benzene rings is 1. The van der Waals surface area contributed by atoms with E-state index in [-0.39, 0.29) is 30.7 Å². The maximum atomic E-state index is 12.2. The molecule has 0 saturated carbocycles. The third kappa shape index (κ3) is 9.06. The van der Waals surface area contributed by atoms with E-state index in [1.54, 1.807) is 24.3 Å². The van der Waals surface area contributed by atoms with E-state index < -0.39 is 18.6 Å². The van der Waals surface area contributed by atoms with E-state index in [1.807, 2.05) is 0 Å². The lowest BCUT2D eigenvalue weighted by atomic mass is 10.1. The average molecular weight is 443 g/mol. The Morgan fingerprint density at radius 3 is 2.47 bits per heavy atom. The summed E-state index contributed by atoms with van der Waals surface area (Å²) in [7, 11) is 0. The van der Waals surface area contributed by atoms with Crippen LogP contribution >= 0.6 is 12.4 Å². The largest absolute Gasteiger partial charge is 0.394 e. The Labute approximate surface area is 182 Å². The van der Waals surface area contributed by atoms with E-state index in [2.05, 4.69) is 20.9 Å². The van der Waals surface area contributed by atoms with Gasteiger partial charge in [0.1, 0.15) is 11.9 Å². The van der Waals surface area contributed by atoms with Gasteiger partial charge in [0, 0.05) is 38.3 Å². The summed E-state index contributed by atoms with van der Waals surface area (Å²) < 4.78 is 5.27. The second-order valence-corrected chi connectivity index (χ2v) is 6.75. The van der Waals surface area contributed by atoms with Crippen LogP contribution in [0.4, 0.5) is 0 Å². The molecular weight excluding hydrogens is 412 g/mol. The number of amides is 2. The molecule has 1 aliphatic rings. The van der Waals surface area contributed by atoms with E-state index >= 15 is 0 Å². The fraction of sp³-hybridized carbons (Fsp3) is 0.526. The minimum absolute atomic E-state index is 0. The lowest BCUT2D eigenvalue weighted by Crippen LogP contribution is -2.49. The Morgan fingerprint density at radius 1 is 1.20 bits per heavy atom. The normalized spacial score (nSPS) is 15.0. The molecule has 0 aromatic heterocycles. The van der Waals surface area contributed by atoms with Crippen LogP contribution in [0.3, 0.4) is 0 Å². The van der Waals surface area contributed by atoms with Crippen molar-refractivity contribution in [2.45, 2.75) is 12.6 Å². The van der Waals surface area contributed by atoms with Gasteiger partial charge in [-0.25, -0.2) is 0 Å². The molecule has 1 atom stereocenters. The third-order valence-electron chi connectivity index (χ3n) is 4.59. The molecule has 1 fully saturated rings. The number of nitrogens with one attached hydrogen (secondary N) is 4. The number of rotatable bonds is 11. The van der Waals surface area contributed by atoms with E-state index in [9.17, 15) is 14.7 Å². The first-order chi connectivity index (χ1) is 14.0. The smallest absolute Gasteiger partial charge is 0.239 e. The van der Waals surface area contributed by atoms with Crippen molar-refractivity contribution >= 4 is 30.1 Å². The highest BCUT2D eigenvalue weighted by Crippen LogP contribution is 2.04. The van der Waals surface area contributed by atoms with Crippen molar-refractivity contribution in [3.05, 3.63) is 35.4 Å². The number of nitrogens with zero attached hydrogens (tertiary/aromatic N) is 1. The molecule has 11 heteroatoms. The Hall–Kier alpha value is -2.24. The highest BCUT2D eigenvalue weighted by Gasteiger charge is 2.17. The fourth-order valence-electron chi connectivity index (χ4n) is 2.81. The summed E-state index contributed by atoms with van der Waals surface area (Å²) in [6.07, 6.45) is 0. The lowest BCUT2D eigenvalue weighted by Gasteiger charge is -2.26. The number of amidine groups is 1. The summed E-state index contributed by atoms with van der Waals surface area (Å²) in [5.41, 5.74) is 6.91. The molecule has 1 saturated heterocycles. The van der Waals surface area contributed by atoms with Crippen molar-refractivity contribution < 1.29 is 19.4 Å². The summed E-state index contributed by atoms with van der Waals surface area (Å²) in [4.78, 5) is 26.3. The molecule has 2 amide bonds. The van der Waals surface area contributed by atoms with Crippen LogP contribution in [0.2, 0.25) is 0 Å². The molecule has 1 aromatic rings. The van der Waals surface area contributed by atoms with E-state index in [4.69, 9.17) is 15.9 Å². The predicted octanol–water partition coefficient (Wildman–Crippen LogP) is -1.59. The Bertz CT molecular complexity index is 682. The lowest BCUT2D eigenvalue weighted by molar-refractivity contribution is -0.128. The van der Waals surface area contributed by atoms with Gasteiger partial charge in [-0.1, -0.05) is 24.3 Å². The van der Waals surface area contributed by atoms with Gasteiger partial charge in [-0.3, -0.25) is 25.2 Å². The van der Waals surface area contributed by atoms with Crippen molar-refractivity contribution in [2.75, 3.05) is 52.5 Å². The molecule has 1 heterocycles. The second-order valence-electron chi connectivity index (χ2n) is 6.75. The first-order valence-corrected chi connectivity index (χ1v) is 9.61. The molecule has 0 aliphatic carbocycles. The van der Waals surface area contributed by atoms with E-state index in [0.29, 0.717) is 31.9 Å². The maximum absolute atomic E-state index is 12.2. The van der Waals surface area contributed by atoms with Gasteiger partial charge in [0.05, 0.1) is 26.4 Å². The number of nitrogens with two attached hydrogens (primary N) is 1. The van der Waals surface area contributed by atoms with Crippen LogP contribution < -0.4 is 21.7 Å². The van der Waals surface area contributed by atoms with Crippen LogP contribution in [0.1, 0.15) is 11.1 Å². The van der Waals surface area contributed by atoms with Gasteiger partial charge < -0.3 is 26.2 Å². The summed E-state index contributed by atoms with van der Waals surface area (Å²) in [5.74, 6) is -0.736. The van der Waals surface area contributed by atoms with Crippen LogP contribution in [0, 0.1) is 5.41 Å². The van der Waals surface area contributed by atoms with Crippen LogP contribution in [0.15, 0.2) is 24.3 Å². The zero-order chi connectivity index (χ0) is 21.1. The number of aliphatic hydroxyl groups is 1. The van der Waals surface area contributed by atoms with Crippen molar-refractivity contribution in [1.82, 2.24) is 20.9 Å². The van der Waals surface area contributed by atoms with Crippen molar-refractivity contribution in [3.8, 4) is 0 Å². The van der Waals surface area contributed by atoms with E-state index in [0.717, 1.165) is 25.2 Å². The molecule has 10 nitrogen and oxygen atoms in total. The Balaban J connectivity index is 0.00000450. The van der Waals surface area contributed by atoms with Gasteiger partial charge in [0.25, 0.3) is 0 Å². The number of halogens is 1. The number of morpholine rings is 1. The molecule has 30 heavy (non-hydrogen) atoms. The van der Waals surface area contributed by atoms with E-state index in [1.165, 1.54) is 0 Å². The monoisotopic (exact) mass is 442 g/mol. The molecular formula is C19H31ClN6O4. The Morgan fingerprint density at radius 2 is 1.87 bits per heavy atom. The highest BCUT2D eigenvalue weighted by atomic mass is 35.5. The van der Waals surface area contributed by atoms with Crippen molar-refractivity contribution in [3.63, 3.8) is 0 Å². The van der Waals surface area contributed by atoms with Crippen molar-refractivity contribution in [1.29, 1.82) is 5.41 Å². The van der Waals surface area contributed by atoms with Gasteiger partial charge in [0.2, 0.25) is 11.8 Å². The van der Waals surface area contributed by atoms with Crippen LogP contribution in [-0.4, -0.2) is 86.2 Å². The predicted molar refractivity (Wildman–Crippen MR) is 116 cm³/mol.